The number of hydrogen-bond donors (Lipinski definition) is 2. The van der Waals surface area contributed by atoms with Gasteiger partial charge in [-0.2, -0.15) is 0 Å². The molecule has 0 aromatic heterocycles. The molecule has 4 unspecified atom stereocenters. The van der Waals surface area contributed by atoms with Crippen molar-refractivity contribution in [3.8, 4) is 11.5 Å². The number of fused-ring (bicyclic) bond motifs is 2. The highest BCUT2D eigenvalue weighted by molar-refractivity contribution is 8.15. The van der Waals surface area contributed by atoms with Crippen LogP contribution < -0.4 is 20.1 Å². The third-order valence-corrected chi connectivity index (χ3v) is 6.82. The number of aliphatic imine (C=N–C) groups is 1. The molecule has 2 N–H and O–H groups in total. The molecule has 1 aromatic carbocycles. The Kier molecular flexibility index (Phi) is 5.80. The largest absolute Gasteiger partial charge is 0.496 e. The lowest BCUT2D eigenvalue weighted by Crippen LogP contribution is -2.30. The quantitative estimate of drug-likeness (QED) is 0.668. The van der Waals surface area contributed by atoms with Crippen molar-refractivity contribution in [2.45, 2.75) is 30.6 Å². The average Bonchev–Trinajstić information content (AvgIpc) is 3.43. The summed E-state index contributed by atoms with van der Waals surface area (Å²) in [6.45, 7) is 0.370. The molecule has 0 spiro atoms. The number of carbonyl (C=O) groups excluding carboxylic acids is 2. The monoisotopic (exact) mass is 415 g/mol. The number of amidine groups is 1. The summed E-state index contributed by atoms with van der Waals surface area (Å²) in [4.78, 5) is 29.7. The van der Waals surface area contributed by atoms with Crippen molar-refractivity contribution in [1.82, 2.24) is 10.6 Å². The van der Waals surface area contributed by atoms with Gasteiger partial charge in [0.1, 0.15) is 17.1 Å². The van der Waals surface area contributed by atoms with Crippen molar-refractivity contribution < 1.29 is 19.1 Å². The number of hydrogen-bond acceptors (Lipinski definition) is 6. The van der Waals surface area contributed by atoms with Crippen molar-refractivity contribution in [2.24, 2.45) is 16.8 Å². The first-order valence-corrected chi connectivity index (χ1v) is 10.7. The molecule has 29 heavy (non-hydrogen) atoms. The molecule has 1 aliphatic heterocycles. The Labute approximate surface area is 174 Å². The summed E-state index contributed by atoms with van der Waals surface area (Å²) >= 11 is 1.46. The Morgan fingerprint density at radius 3 is 2.62 bits per heavy atom. The second kappa shape index (κ2) is 8.49. The van der Waals surface area contributed by atoms with E-state index in [1.54, 1.807) is 18.2 Å². The molecule has 1 aromatic rings. The van der Waals surface area contributed by atoms with E-state index in [1.807, 2.05) is 0 Å². The predicted octanol–water partition coefficient (Wildman–Crippen LogP) is 2.38. The minimum atomic E-state index is -0.287. The number of benzene rings is 1. The van der Waals surface area contributed by atoms with Crippen LogP contribution in [-0.4, -0.2) is 49.0 Å². The molecule has 154 valence electrons. The van der Waals surface area contributed by atoms with Gasteiger partial charge in [0, 0.05) is 6.54 Å². The third-order valence-electron chi connectivity index (χ3n) is 5.65. The van der Waals surface area contributed by atoms with Crippen molar-refractivity contribution in [3.05, 3.63) is 35.9 Å². The van der Waals surface area contributed by atoms with E-state index in [9.17, 15) is 9.59 Å². The molecule has 8 heteroatoms. The smallest absolute Gasteiger partial charge is 0.258 e. The zero-order valence-corrected chi connectivity index (χ0v) is 17.3. The summed E-state index contributed by atoms with van der Waals surface area (Å²) in [7, 11) is 3.02. The number of carbonyl (C=O) groups is 2. The van der Waals surface area contributed by atoms with Crippen LogP contribution in [0, 0.1) is 11.8 Å². The highest BCUT2D eigenvalue weighted by atomic mass is 32.2. The van der Waals surface area contributed by atoms with Gasteiger partial charge in [0.05, 0.1) is 25.5 Å². The Morgan fingerprint density at radius 2 is 2.00 bits per heavy atom. The third kappa shape index (κ3) is 4.12. The number of nitrogens with one attached hydrogen (secondary N) is 2. The van der Waals surface area contributed by atoms with Crippen molar-refractivity contribution in [3.63, 3.8) is 0 Å². The van der Waals surface area contributed by atoms with Gasteiger partial charge in [-0.1, -0.05) is 30.0 Å². The molecule has 1 saturated heterocycles. The molecular weight excluding hydrogens is 390 g/mol. The van der Waals surface area contributed by atoms with Crippen molar-refractivity contribution >= 4 is 28.7 Å². The van der Waals surface area contributed by atoms with Gasteiger partial charge in [0.25, 0.3) is 5.91 Å². The fourth-order valence-corrected chi connectivity index (χ4v) is 5.21. The van der Waals surface area contributed by atoms with Gasteiger partial charge in [-0.3, -0.25) is 14.6 Å². The second-order valence-electron chi connectivity index (χ2n) is 7.46. The molecule has 7 nitrogen and oxygen atoms in total. The van der Waals surface area contributed by atoms with Crippen LogP contribution >= 0.6 is 11.8 Å². The first kappa shape index (κ1) is 19.8. The van der Waals surface area contributed by atoms with Crippen molar-refractivity contribution in [2.75, 3.05) is 20.8 Å². The fourth-order valence-electron chi connectivity index (χ4n) is 4.19. The van der Waals surface area contributed by atoms with Crippen LogP contribution in [0.3, 0.4) is 0 Å². The van der Waals surface area contributed by atoms with Crippen LogP contribution in [0.15, 0.2) is 35.3 Å². The Balaban J connectivity index is 1.31. The fraction of sp³-hybridized carbons (Fsp3) is 0.476. The molecule has 1 saturated carbocycles. The van der Waals surface area contributed by atoms with Crippen LogP contribution in [0.4, 0.5) is 0 Å². The maximum Gasteiger partial charge on any atom is 0.258 e. The maximum absolute atomic E-state index is 12.6. The molecule has 3 aliphatic rings. The van der Waals surface area contributed by atoms with Crippen LogP contribution in [0.2, 0.25) is 0 Å². The van der Waals surface area contributed by atoms with E-state index in [2.05, 4.69) is 22.8 Å². The van der Waals surface area contributed by atoms with E-state index in [-0.39, 0.29) is 23.1 Å². The van der Waals surface area contributed by atoms with Gasteiger partial charge in [-0.15, -0.1) is 0 Å². The van der Waals surface area contributed by atoms with Gasteiger partial charge in [-0.25, -0.2) is 0 Å². The standard InChI is InChI=1S/C21H25N3O4S/c1-27-15-4-3-5-16(28-2)18(15)20(26)22-9-8-17-19(25)24-21(29-17)23-14-11-12-6-7-13(14)10-12/h3-7,12-14,17H,8-11H2,1-2H3,(H,22,26)(H,23,24,25). The number of thioether (sulfide) groups is 1. The second-order valence-corrected chi connectivity index (χ2v) is 8.65. The molecule has 1 heterocycles. The highest BCUT2D eigenvalue weighted by Gasteiger charge is 2.37. The Morgan fingerprint density at radius 1 is 1.24 bits per heavy atom. The molecule has 0 radical (unpaired) electrons. The minimum Gasteiger partial charge on any atom is -0.496 e. The van der Waals surface area contributed by atoms with E-state index in [0.29, 0.717) is 47.0 Å². The SMILES string of the molecule is COc1cccc(OC)c1C(=O)NCCC1SC(=NC2CC3C=CC2C3)NC1=O. The van der Waals surface area contributed by atoms with Crippen LogP contribution in [0.25, 0.3) is 0 Å². The number of methoxy groups -OCH3 is 2. The molecule has 2 amide bonds. The summed E-state index contributed by atoms with van der Waals surface area (Å²) in [6.07, 6.45) is 7.31. The highest BCUT2D eigenvalue weighted by Crippen LogP contribution is 2.41. The zero-order chi connectivity index (χ0) is 20.4. The minimum absolute atomic E-state index is 0.0448. The molecule has 2 fully saturated rings. The summed E-state index contributed by atoms with van der Waals surface area (Å²) in [5, 5.41) is 6.22. The normalized spacial score (nSPS) is 28.6. The number of nitrogens with zero attached hydrogens (tertiary/aromatic N) is 1. The topological polar surface area (TPSA) is 89.0 Å². The Bertz CT molecular complexity index is 847. The number of amides is 2. The molecule has 4 rings (SSSR count). The van der Waals surface area contributed by atoms with E-state index < -0.39 is 0 Å². The predicted molar refractivity (Wildman–Crippen MR) is 113 cm³/mol. The number of rotatable bonds is 7. The molecule has 2 aliphatic carbocycles. The lowest BCUT2D eigenvalue weighted by molar-refractivity contribution is -0.118. The zero-order valence-electron chi connectivity index (χ0n) is 16.5. The van der Waals surface area contributed by atoms with Gasteiger partial charge in [-0.05, 0) is 43.2 Å². The first-order chi connectivity index (χ1) is 14.1. The first-order valence-electron chi connectivity index (χ1n) is 9.82. The van der Waals surface area contributed by atoms with Crippen LogP contribution in [0.1, 0.15) is 29.6 Å². The molecule has 2 bridgehead atoms. The van der Waals surface area contributed by atoms with Gasteiger partial charge in [0.15, 0.2) is 5.17 Å². The summed E-state index contributed by atoms with van der Waals surface area (Å²) in [5.41, 5.74) is 0.354. The van der Waals surface area contributed by atoms with Crippen LogP contribution in [0.5, 0.6) is 11.5 Å². The number of allylic oxidation sites excluding steroid dienone is 1. The summed E-state index contributed by atoms with van der Waals surface area (Å²) in [5.74, 6) is 1.73. The number of ether oxygens (including phenoxy) is 2. The van der Waals surface area contributed by atoms with Gasteiger partial charge >= 0.3 is 0 Å². The van der Waals surface area contributed by atoms with Gasteiger partial charge < -0.3 is 20.1 Å². The van der Waals surface area contributed by atoms with E-state index in [4.69, 9.17) is 14.5 Å². The molecular formula is C21H25N3O4S. The lowest BCUT2D eigenvalue weighted by Gasteiger charge is -2.14. The van der Waals surface area contributed by atoms with Crippen LogP contribution in [-0.2, 0) is 4.79 Å². The van der Waals surface area contributed by atoms with E-state index >= 15 is 0 Å². The maximum atomic E-state index is 12.6. The summed E-state index contributed by atoms with van der Waals surface area (Å²) in [6, 6.07) is 5.47. The van der Waals surface area contributed by atoms with Gasteiger partial charge in [0.2, 0.25) is 5.91 Å². The Hall–Kier alpha value is -2.48. The molecule has 4 atom stereocenters. The van der Waals surface area contributed by atoms with E-state index in [1.165, 1.54) is 32.4 Å². The average molecular weight is 416 g/mol. The summed E-state index contributed by atoms with van der Waals surface area (Å²) < 4.78 is 10.5. The van der Waals surface area contributed by atoms with E-state index in [0.717, 1.165) is 6.42 Å². The van der Waals surface area contributed by atoms with Crippen molar-refractivity contribution in [1.29, 1.82) is 0 Å². The lowest BCUT2D eigenvalue weighted by atomic mass is 10.0.